The summed E-state index contributed by atoms with van der Waals surface area (Å²) in [5.74, 6) is 0. The Hall–Kier alpha value is 0.0169. The summed E-state index contributed by atoms with van der Waals surface area (Å²) in [6.07, 6.45) is 0. The Morgan fingerprint density at radius 2 is 1.70 bits per heavy atom. The Morgan fingerprint density at radius 3 is 2.10 bits per heavy atom. The zero-order chi connectivity index (χ0) is 7.56. The van der Waals surface area contributed by atoms with Crippen molar-refractivity contribution in [2.24, 2.45) is 0 Å². The van der Waals surface area contributed by atoms with E-state index in [9.17, 15) is 0 Å². The first kappa shape index (κ1) is 8.12. The zero-order valence-corrected chi connectivity index (χ0v) is 8.08. The van der Waals surface area contributed by atoms with Crippen LogP contribution in [0.15, 0.2) is 24.3 Å². The molecule has 0 fully saturated rings. The average Bonchev–Trinajstić information content (AvgIpc) is 1.88. The number of hydrogen-bond donors (Lipinski definition) is 0. The molecule has 0 N–H and O–H groups in total. The van der Waals surface area contributed by atoms with Gasteiger partial charge in [0.25, 0.3) is 0 Å². The van der Waals surface area contributed by atoms with Crippen LogP contribution in [0.3, 0.4) is 0 Å². The van der Waals surface area contributed by atoms with Crippen LogP contribution in [0.4, 0.5) is 0 Å². The van der Waals surface area contributed by atoms with Crippen LogP contribution < -0.4 is 5.19 Å². The third kappa shape index (κ3) is 2.01. The summed E-state index contributed by atoms with van der Waals surface area (Å²) in [6, 6.07) is 7.69. The zero-order valence-electron chi connectivity index (χ0n) is 5.57. The van der Waals surface area contributed by atoms with Gasteiger partial charge in [0.2, 0.25) is 0 Å². The minimum Gasteiger partial charge on any atom is -0.163 e. The van der Waals surface area contributed by atoms with Gasteiger partial charge in [-0.15, -0.1) is 0 Å². The maximum absolute atomic E-state index is 5.91. The third-order valence-corrected chi connectivity index (χ3v) is 3.28. The number of benzene rings is 1. The largest absolute Gasteiger partial charge is 0.196 e. The molecule has 53 valence electrons. The van der Waals surface area contributed by atoms with E-state index in [0.29, 0.717) is 0 Å². The van der Waals surface area contributed by atoms with Crippen molar-refractivity contribution in [1.82, 2.24) is 0 Å². The van der Waals surface area contributed by atoms with Crippen molar-refractivity contribution in [2.75, 3.05) is 0 Å². The van der Waals surface area contributed by atoms with Crippen molar-refractivity contribution in [3.63, 3.8) is 0 Å². The highest BCUT2D eigenvalue weighted by Crippen LogP contribution is 2.04. The van der Waals surface area contributed by atoms with Crippen molar-refractivity contribution in [2.45, 2.75) is 6.55 Å². The molecule has 3 heteroatoms. The highest BCUT2D eigenvalue weighted by Gasteiger charge is 2.01. The SMILES string of the molecule is C[Si](Cl)c1ccc(Cl)cc1. The van der Waals surface area contributed by atoms with Crippen LogP contribution in [0.2, 0.25) is 11.6 Å². The fourth-order valence-electron chi connectivity index (χ4n) is 0.680. The van der Waals surface area contributed by atoms with Gasteiger partial charge in [-0.05, 0) is 17.3 Å². The first-order valence-corrected chi connectivity index (χ1v) is 6.34. The molecule has 10 heavy (non-hydrogen) atoms. The Morgan fingerprint density at radius 1 is 1.20 bits per heavy atom. The van der Waals surface area contributed by atoms with E-state index in [1.54, 1.807) is 0 Å². The van der Waals surface area contributed by atoms with E-state index in [1.807, 2.05) is 30.8 Å². The Labute approximate surface area is 72.1 Å². The highest BCUT2D eigenvalue weighted by atomic mass is 35.6. The number of halogens is 2. The van der Waals surface area contributed by atoms with E-state index in [-0.39, 0.29) is 0 Å². The van der Waals surface area contributed by atoms with Gasteiger partial charge in [0.1, 0.15) is 0 Å². The Kier molecular flexibility index (Phi) is 2.78. The van der Waals surface area contributed by atoms with Crippen molar-refractivity contribution in [3.05, 3.63) is 29.3 Å². The lowest BCUT2D eigenvalue weighted by atomic mass is 10.4. The molecule has 1 aromatic rings. The molecule has 1 aromatic carbocycles. The van der Waals surface area contributed by atoms with Gasteiger partial charge in [0.15, 0.2) is 8.11 Å². The molecule has 0 unspecified atom stereocenters. The topological polar surface area (TPSA) is 0 Å². The normalized spacial score (nSPS) is 10.4. The molecule has 0 spiro atoms. The minimum atomic E-state index is -0.815. The summed E-state index contributed by atoms with van der Waals surface area (Å²) in [6.45, 7) is 2.04. The van der Waals surface area contributed by atoms with E-state index >= 15 is 0 Å². The molecule has 0 aromatic heterocycles. The first-order valence-electron chi connectivity index (χ1n) is 2.95. The fraction of sp³-hybridized carbons (Fsp3) is 0.143. The van der Waals surface area contributed by atoms with Crippen molar-refractivity contribution in [3.8, 4) is 0 Å². The standard InChI is InChI=1S/C7H7Cl2Si/c1-10(9)7-4-2-6(8)3-5-7/h2-5H,1H3. The van der Waals surface area contributed by atoms with Crippen LogP contribution in [-0.2, 0) is 0 Å². The molecule has 0 aliphatic rings. The second-order valence-electron chi connectivity index (χ2n) is 2.04. The summed E-state index contributed by atoms with van der Waals surface area (Å²) >= 11 is 11.6. The second-order valence-corrected chi connectivity index (χ2v) is 5.82. The van der Waals surface area contributed by atoms with Gasteiger partial charge in [-0.3, -0.25) is 0 Å². The minimum absolute atomic E-state index is 0.767. The molecule has 0 nitrogen and oxygen atoms in total. The lowest BCUT2D eigenvalue weighted by Crippen LogP contribution is -2.19. The van der Waals surface area contributed by atoms with Gasteiger partial charge in [-0.1, -0.05) is 30.3 Å². The summed E-state index contributed by atoms with van der Waals surface area (Å²) in [5, 5.41) is 1.97. The molecule has 0 aliphatic carbocycles. The van der Waals surface area contributed by atoms with Gasteiger partial charge >= 0.3 is 0 Å². The van der Waals surface area contributed by atoms with E-state index in [0.717, 1.165) is 5.02 Å². The van der Waals surface area contributed by atoms with E-state index < -0.39 is 8.11 Å². The molecule has 1 radical (unpaired) electrons. The fourth-order valence-corrected chi connectivity index (χ4v) is 1.81. The predicted octanol–water partition coefficient (Wildman–Crippen LogP) is 2.41. The molecule has 1 rings (SSSR count). The quantitative estimate of drug-likeness (QED) is 0.471. The summed E-state index contributed by atoms with van der Waals surface area (Å²) in [4.78, 5) is 0. The van der Waals surface area contributed by atoms with Gasteiger partial charge in [0, 0.05) is 5.02 Å². The molecule has 0 atom stereocenters. The molecule has 0 amide bonds. The summed E-state index contributed by atoms with van der Waals surface area (Å²) in [5.41, 5.74) is 0. The molecular formula is C7H7Cl2Si. The monoisotopic (exact) mass is 189 g/mol. The van der Waals surface area contributed by atoms with Crippen LogP contribution in [0.1, 0.15) is 0 Å². The van der Waals surface area contributed by atoms with E-state index in [4.69, 9.17) is 22.7 Å². The van der Waals surface area contributed by atoms with Gasteiger partial charge in [0.05, 0.1) is 0 Å². The third-order valence-electron chi connectivity index (χ3n) is 1.24. The van der Waals surface area contributed by atoms with Crippen LogP contribution in [0, 0.1) is 0 Å². The number of rotatable bonds is 1. The number of hydrogen-bond acceptors (Lipinski definition) is 0. The van der Waals surface area contributed by atoms with Gasteiger partial charge in [-0.25, -0.2) is 0 Å². The Balaban J connectivity index is 2.89. The van der Waals surface area contributed by atoms with E-state index in [2.05, 4.69) is 0 Å². The van der Waals surface area contributed by atoms with Crippen LogP contribution in [-0.4, -0.2) is 8.11 Å². The summed E-state index contributed by atoms with van der Waals surface area (Å²) < 4.78 is 0. The Bertz CT molecular complexity index is 205. The van der Waals surface area contributed by atoms with Crippen molar-refractivity contribution < 1.29 is 0 Å². The second kappa shape index (κ2) is 3.42. The smallest absolute Gasteiger partial charge is 0.163 e. The molecule has 0 aliphatic heterocycles. The lowest BCUT2D eigenvalue weighted by Gasteiger charge is -1.98. The average molecular weight is 190 g/mol. The molecular weight excluding hydrogens is 183 g/mol. The first-order chi connectivity index (χ1) is 4.70. The van der Waals surface area contributed by atoms with E-state index in [1.165, 1.54) is 5.19 Å². The highest BCUT2D eigenvalue weighted by molar-refractivity contribution is 7.13. The van der Waals surface area contributed by atoms with Crippen LogP contribution >= 0.6 is 22.7 Å². The molecule has 0 saturated heterocycles. The predicted molar refractivity (Wildman–Crippen MR) is 48.6 cm³/mol. The lowest BCUT2D eigenvalue weighted by molar-refractivity contribution is 1.76. The van der Waals surface area contributed by atoms with Crippen molar-refractivity contribution >= 4 is 36.0 Å². The molecule has 0 saturated carbocycles. The summed E-state index contributed by atoms with van der Waals surface area (Å²) in [7, 11) is -0.815. The van der Waals surface area contributed by atoms with Gasteiger partial charge < -0.3 is 0 Å². The maximum Gasteiger partial charge on any atom is 0.196 e. The maximum atomic E-state index is 5.91. The van der Waals surface area contributed by atoms with Crippen LogP contribution in [0.5, 0.6) is 0 Å². The molecule has 0 bridgehead atoms. The molecule has 0 heterocycles. The van der Waals surface area contributed by atoms with Gasteiger partial charge in [-0.2, -0.15) is 11.1 Å². The van der Waals surface area contributed by atoms with Crippen molar-refractivity contribution in [1.29, 1.82) is 0 Å². The van der Waals surface area contributed by atoms with Crippen LogP contribution in [0.25, 0.3) is 0 Å².